The second kappa shape index (κ2) is 6.80. The lowest BCUT2D eigenvalue weighted by atomic mass is 10.1. The number of ether oxygens (including phenoxy) is 1. The molecular formula is C13H17NO2. The summed E-state index contributed by atoms with van der Waals surface area (Å²) in [5.41, 5.74) is 1.26. The third-order valence-electron chi connectivity index (χ3n) is 2.15. The van der Waals surface area contributed by atoms with E-state index in [1.165, 1.54) is 5.56 Å². The molecule has 0 fully saturated rings. The van der Waals surface area contributed by atoms with E-state index in [0.29, 0.717) is 0 Å². The summed E-state index contributed by atoms with van der Waals surface area (Å²) in [6, 6.07) is 10.2. The van der Waals surface area contributed by atoms with E-state index >= 15 is 0 Å². The Morgan fingerprint density at radius 1 is 1.50 bits per heavy atom. The van der Waals surface area contributed by atoms with E-state index in [-0.39, 0.29) is 6.23 Å². The summed E-state index contributed by atoms with van der Waals surface area (Å²) in [5.74, 6) is -0.403. The molecule has 0 amide bonds. The number of esters is 1. The Labute approximate surface area is 96.1 Å². The molecule has 1 rings (SSSR count). The molecule has 0 heterocycles. The van der Waals surface area contributed by atoms with Gasteiger partial charge < -0.3 is 4.74 Å². The number of carbonyl (C=O) groups is 1. The fraction of sp³-hybridized carbons (Fsp3) is 0.308. The van der Waals surface area contributed by atoms with Crippen LogP contribution < -0.4 is 5.32 Å². The zero-order valence-corrected chi connectivity index (χ0v) is 9.48. The van der Waals surface area contributed by atoms with Crippen molar-refractivity contribution in [3.05, 3.63) is 48.6 Å². The summed E-state index contributed by atoms with van der Waals surface area (Å²) in [6.07, 6.45) is 1.79. The van der Waals surface area contributed by atoms with Gasteiger partial charge in [-0.1, -0.05) is 36.9 Å². The van der Waals surface area contributed by atoms with Crippen molar-refractivity contribution in [2.75, 3.05) is 6.54 Å². The maximum absolute atomic E-state index is 10.9. The molecule has 3 nitrogen and oxygen atoms in total. The second-order valence-electron chi connectivity index (χ2n) is 3.47. The number of carbonyl (C=O) groups excluding carboxylic acids is 1. The van der Waals surface area contributed by atoms with Crippen LogP contribution in [-0.2, 0) is 16.0 Å². The lowest BCUT2D eigenvalue weighted by Gasteiger charge is -2.13. The van der Waals surface area contributed by atoms with Crippen molar-refractivity contribution in [1.29, 1.82) is 0 Å². The Morgan fingerprint density at radius 3 is 2.81 bits per heavy atom. The van der Waals surface area contributed by atoms with E-state index in [4.69, 9.17) is 4.74 Å². The molecule has 0 bridgehead atoms. The first-order valence-electron chi connectivity index (χ1n) is 5.32. The van der Waals surface area contributed by atoms with Gasteiger partial charge >= 0.3 is 5.97 Å². The minimum atomic E-state index is -0.403. The Bertz CT molecular complexity index is 335. The number of hydrogen-bond acceptors (Lipinski definition) is 3. The van der Waals surface area contributed by atoms with Crippen LogP contribution in [0, 0.1) is 0 Å². The number of benzene rings is 1. The third-order valence-corrected chi connectivity index (χ3v) is 2.15. The molecule has 0 aliphatic heterocycles. The summed E-state index contributed by atoms with van der Waals surface area (Å²) in [7, 11) is 0. The monoisotopic (exact) mass is 219 g/mol. The molecule has 1 atom stereocenters. The molecule has 1 aromatic rings. The molecule has 1 N–H and O–H groups in total. The number of hydrogen-bond donors (Lipinski definition) is 1. The van der Waals surface area contributed by atoms with Gasteiger partial charge in [0.15, 0.2) is 6.23 Å². The lowest BCUT2D eigenvalue weighted by molar-refractivity contribution is -0.143. The quantitative estimate of drug-likeness (QED) is 0.451. The van der Waals surface area contributed by atoms with Crippen molar-refractivity contribution in [3.8, 4) is 0 Å². The average molecular weight is 219 g/mol. The van der Waals surface area contributed by atoms with Gasteiger partial charge in [-0.3, -0.25) is 5.32 Å². The highest BCUT2D eigenvalue weighted by molar-refractivity contribution is 5.81. The van der Waals surface area contributed by atoms with Crippen molar-refractivity contribution in [2.45, 2.75) is 19.6 Å². The predicted octanol–water partition coefficient (Wildman–Crippen LogP) is 1.89. The summed E-state index contributed by atoms with van der Waals surface area (Å²) in [5, 5.41) is 3.11. The molecule has 0 radical (unpaired) electrons. The van der Waals surface area contributed by atoms with Gasteiger partial charge in [0.2, 0.25) is 0 Å². The van der Waals surface area contributed by atoms with E-state index in [9.17, 15) is 4.79 Å². The molecule has 86 valence electrons. The highest BCUT2D eigenvalue weighted by atomic mass is 16.6. The van der Waals surface area contributed by atoms with E-state index in [1.807, 2.05) is 18.2 Å². The van der Waals surface area contributed by atoms with Gasteiger partial charge in [-0.25, -0.2) is 4.79 Å². The zero-order valence-electron chi connectivity index (χ0n) is 9.48. The van der Waals surface area contributed by atoms with E-state index in [1.54, 1.807) is 6.92 Å². The SMILES string of the molecule is C=CC(=O)OC(C)NCCc1ccccc1. The van der Waals surface area contributed by atoms with Crippen LogP contribution in [0.3, 0.4) is 0 Å². The first-order valence-corrected chi connectivity index (χ1v) is 5.32. The molecule has 1 unspecified atom stereocenters. The first kappa shape index (κ1) is 12.5. The minimum absolute atomic E-state index is 0.283. The van der Waals surface area contributed by atoms with Crippen molar-refractivity contribution < 1.29 is 9.53 Å². The van der Waals surface area contributed by atoms with Gasteiger partial charge in [0.05, 0.1) is 0 Å². The highest BCUT2D eigenvalue weighted by Gasteiger charge is 2.04. The molecule has 0 aromatic heterocycles. The number of nitrogens with one attached hydrogen (secondary N) is 1. The predicted molar refractivity (Wildman–Crippen MR) is 63.9 cm³/mol. The van der Waals surface area contributed by atoms with Crippen LogP contribution in [0.1, 0.15) is 12.5 Å². The van der Waals surface area contributed by atoms with Crippen molar-refractivity contribution >= 4 is 5.97 Å². The molecule has 0 saturated carbocycles. The van der Waals surface area contributed by atoms with Crippen molar-refractivity contribution in [1.82, 2.24) is 5.32 Å². The second-order valence-corrected chi connectivity index (χ2v) is 3.47. The lowest BCUT2D eigenvalue weighted by Crippen LogP contribution is -2.32. The largest absolute Gasteiger partial charge is 0.444 e. The summed E-state index contributed by atoms with van der Waals surface area (Å²) in [6.45, 7) is 5.91. The van der Waals surface area contributed by atoms with E-state index in [2.05, 4.69) is 24.0 Å². The molecule has 1 aromatic carbocycles. The summed E-state index contributed by atoms with van der Waals surface area (Å²) in [4.78, 5) is 10.9. The average Bonchev–Trinajstić information content (AvgIpc) is 2.30. The van der Waals surface area contributed by atoms with Crippen LogP contribution >= 0.6 is 0 Å². The van der Waals surface area contributed by atoms with Crippen LogP contribution in [0.4, 0.5) is 0 Å². The summed E-state index contributed by atoms with van der Waals surface area (Å²) >= 11 is 0. The molecule has 0 saturated heterocycles. The van der Waals surface area contributed by atoms with E-state index < -0.39 is 5.97 Å². The maximum atomic E-state index is 10.9. The van der Waals surface area contributed by atoms with Crippen molar-refractivity contribution in [3.63, 3.8) is 0 Å². The molecule has 16 heavy (non-hydrogen) atoms. The maximum Gasteiger partial charge on any atom is 0.331 e. The van der Waals surface area contributed by atoms with Crippen molar-refractivity contribution in [2.24, 2.45) is 0 Å². The first-order chi connectivity index (χ1) is 7.72. The normalized spacial score (nSPS) is 11.8. The molecule has 0 spiro atoms. The van der Waals surface area contributed by atoms with Crippen LogP contribution in [0.2, 0.25) is 0 Å². The van der Waals surface area contributed by atoms with E-state index in [0.717, 1.165) is 19.0 Å². The smallest absolute Gasteiger partial charge is 0.331 e. The Balaban J connectivity index is 2.20. The third kappa shape index (κ3) is 4.75. The summed E-state index contributed by atoms with van der Waals surface area (Å²) < 4.78 is 4.97. The highest BCUT2D eigenvalue weighted by Crippen LogP contribution is 1.98. The number of rotatable bonds is 6. The minimum Gasteiger partial charge on any atom is -0.444 e. The Hall–Kier alpha value is -1.61. The van der Waals surface area contributed by atoms with Crippen LogP contribution in [0.5, 0.6) is 0 Å². The van der Waals surface area contributed by atoms with Gasteiger partial charge in [0.1, 0.15) is 0 Å². The standard InChI is InChI=1S/C13H17NO2/c1-3-13(15)16-11(2)14-10-9-12-7-5-4-6-8-12/h3-8,11,14H,1,9-10H2,2H3. The van der Waals surface area contributed by atoms with Gasteiger partial charge in [0, 0.05) is 12.6 Å². The van der Waals surface area contributed by atoms with Gasteiger partial charge in [-0.2, -0.15) is 0 Å². The Kier molecular flexibility index (Phi) is 5.29. The van der Waals surface area contributed by atoms with Crippen LogP contribution in [0.25, 0.3) is 0 Å². The van der Waals surface area contributed by atoms with Gasteiger partial charge in [-0.05, 0) is 18.9 Å². The zero-order chi connectivity index (χ0) is 11.8. The Morgan fingerprint density at radius 2 is 2.19 bits per heavy atom. The van der Waals surface area contributed by atoms with Gasteiger partial charge in [0.25, 0.3) is 0 Å². The van der Waals surface area contributed by atoms with Crippen LogP contribution in [0.15, 0.2) is 43.0 Å². The fourth-order valence-electron chi connectivity index (χ4n) is 1.33. The molecule has 0 aliphatic rings. The molecule has 3 heteroatoms. The fourth-order valence-corrected chi connectivity index (χ4v) is 1.33. The van der Waals surface area contributed by atoms with Crippen LogP contribution in [-0.4, -0.2) is 18.7 Å². The molecule has 0 aliphatic carbocycles. The topological polar surface area (TPSA) is 38.3 Å². The van der Waals surface area contributed by atoms with Gasteiger partial charge in [-0.15, -0.1) is 0 Å². The molecular weight excluding hydrogens is 202 g/mol.